The summed E-state index contributed by atoms with van der Waals surface area (Å²) in [5, 5.41) is 11.0. The molecule has 2 aromatic carbocycles. The first-order valence-electron chi connectivity index (χ1n) is 10.5. The Morgan fingerprint density at radius 3 is 2.61 bits per heavy atom. The molecule has 0 amide bonds. The number of aromatic nitrogens is 4. The summed E-state index contributed by atoms with van der Waals surface area (Å²) in [5.74, 6) is 4.97. The molecular formula is C24H22N6O. The molecule has 1 aliphatic heterocycles. The highest BCUT2D eigenvalue weighted by Gasteiger charge is 2.26. The molecule has 0 unspecified atom stereocenters. The Balaban J connectivity index is 1.24. The van der Waals surface area contributed by atoms with Gasteiger partial charge in [-0.1, -0.05) is 18.2 Å². The van der Waals surface area contributed by atoms with Crippen molar-refractivity contribution >= 4 is 17.3 Å². The molecule has 1 fully saturated rings. The van der Waals surface area contributed by atoms with E-state index in [9.17, 15) is 0 Å². The standard InChI is InChI=1S/C24H22N6O/c1-2-4-19(5-3-1)31-20-10-8-18(9-11-20)29-15-23-25-12-13-30(23)24(16-29)26-22-14-21(27-28-22)17-6-7-17/h1-5,8-14,16-17H,6-7,15H2,(H2,26,27,28). The molecule has 0 atom stereocenters. The second-order valence-corrected chi connectivity index (χ2v) is 7.87. The molecule has 6 rings (SSSR count). The number of fused-ring (bicyclic) bond motifs is 1. The lowest BCUT2D eigenvalue weighted by Crippen LogP contribution is -2.27. The maximum absolute atomic E-state index is 5.92. The molecule has 1 saturated carbocycles. The normalized spacial score (nSPS) is 15.4. The van der Waals surface area contributed by atoms with E-state index in [1.54, 1.807) is 0 Å². The first-order valence-corrected chi connectivity index (χ1v) is 10.5. The van der Waals surface area contributed by atoms with E-state index in [0.29, 0.717) is 12.5 Å². The van der Waals surface area contributed by atoms with Crippen molar-refractivity contribution in [1.29, 1.82) is 0 Å². The van der Waals surface area contributed by atoms with E-state index in [1.807, 2.05) is 54.9 Å². The summed E-state index contributed by atoms with van der Waals surface area (Å²) in [7, 11) is 0. The highest BCUT2D eigenvalue weighted by molar-refractivity contribution is 5.68. The van der Waals surface area contributed by atoms with Gasteiger partial charge in [0.2, 0.25) is 0 Å². The Labute approximate surface area is 180 Å². The minimum absolute atomic E-state index is 0.639. The Kier molecular flexibility index (Phi) is 4.23. The molecule has 0 bridgehead atoms. The lowest BCUT2D eigenvalue weighted by Gasteiger charge is -2.28. The maximum Gasteiger partial charge on any atom is 0.153 e. The summed E-state index contributed by atoms with van der Waals surface area (Å²) in [6, 6.07) is 20.0. The molecule has 3 heterocycles. The fraction of sp³-hybridized carbons (Fsp3) is 0.167. The topological polar surface area (TPSA) is 71.0 Å². The average molecular weight is 410 g/mol. The molecule has 0 saturated heterocycles. The third-order valence-electron chi connectivity index (χ3n) is 5.59. The van der Waals surface area contributed by atoms with Crippen molar-refractivity contribution in [1.82, 2.24) is 19.7 Å². The van der Waals surface area contributed by atoms with Gasteiger partial charge in [0.25, 0.3) is 0 Å². The second kappa shape index (κ2) is 7.36. The number of aromatic amines is 1. The van der Waals surface area contributed by atoms with Crippen molar-refractivity contribution in [2.75, 3.05) is 10.2 Å². The van der Waals surface area contributed by atoms with Crippen LogP contribution in [0.15, 0.2) is 79.3 Å². The number of anilines is 2. The predicted molar refractivity (Wildman–Crippen MR) is 120 cm³/mol. The number of imidazole rings is 1. The van der Waals surface area contributed by atoms with Crippen LogP contribution < -0.4 is 15.0 Å². The van der Waals surface area contributed by atoms with E-state index in [0.717, 1.165) is 34.6 Å². The van der Waals surface area contributed by atoms with Gasteiger partial charge in [0.05, 0.1) is 6.54 Å². The zero-order valence-corrected chi connectivity index (χ0v) is 16.9. The lowest BCUT2D eigenvalue weighted by atomic mass is 10.2. The van der Waals surface area contributed by atoms with Crippen LogP contribution in [0.25, 0.3) is 5.82 Å². The second-order valence-electron chi connectivity index (χ2n) is 7.87. The smallest absolute Gasteiger partial charge is 0.153 e. The van der Waals surface area contributed by atoms with Crippen LogP contribution in [-0.2, 0) is 6.54 Å². The molecule has 1 aliphatic carbocycles. The molecule has 7 nitrogen and oxygen atoms in total. The molecule has 4 aromatic rings. The van der Waals surface area contributed by atoms with Gasteiger partial charge in [-0.05, 0) is 49.2 Å². The van der Waals surface area contributed by atoms with E-state index in [2.05, 4.69) is 54.4 Å². The van der Waals surface area contributed by atoms with Crippen LogP contribution in [0.4, 0.5) is 11.5 Å². The maximum atomic E-state index is 5.92. The monoisotopic (exact) mass is 410 g/mol. The molecule has 31 heavy (non-hydrogen) atoms. The molecule has 154 valence electrons. The average Bonchev–Trinajstić information content (AvgIpc) is 3.35. The molecule has 2 N–H and O–H groups in total. The number of hydrogen-bond donors (Lipinski definition) is 2. The van der Waals surface area contributed by atoms with Crippen molar-refractivity contribution in [2.24, 2.45) is 0 Å². The largest absolute Gasteiger partial charge is 0.457 e. The van der Waals surface area contributed by atoms with E-state index in [4.69, 9.17) is 4.74 Å². The summed E-state index contributed by atoms with van der Waals surface area (Å²) in [4.78, 5) is 6.70. The number of hydrogen-bond acceptors (Lipinski definition) is 5. The number of nitrogens with one attached hydrogen (secondary N) is 2. The summed E-state index contributed by atoms with van der Waals surface area (Å²) in [6.45, 7) is 0.685. The zero-order valence-electron chi connectivity index (χ0n) is 16.9. The van der Waals surface area contributed by atoms with Gasteiger partial charge < -0.3 is 15.0 Å². The Morgan fingerprint density at radius 2 is 1.81 bits per heavy atom. The number of ether oxygens (including phenoxy) is 1. The van der Waals surface area contributed by atoms with Gasteiger partial charge in [-0.25, -0.2) is 4.98 Å². The highest BCUT2D eigenvalue weighted by atomic mass is 16.5. The van der Waals surface area contributed by atoms with Gasteiger partial charge in [-0.3, -0.25) is 9.67 Å². The minimum atomic E-state index is 0.639. The Bertz CT molecular complexity index is 1220. The SMILES string of the molecule is C1=C(Nc2cc(C3CC3)[nH]n2)n2ccnc2CN1c1ccc(Oc2ccccc2)cc1. The van der Waals surface area contributed by atoms with Crippen molar-refractivity contribution < 1.29 is 4.74 Å². The zero-order chi connectivity index (χ0) is 20.6. The first-order chi connectivity index (χ1) is 15.3. The van der Waals surface area contributed by atoms with Crippen LogP contribution in [0.1, 0.15) is 30.3 Å². The third kappa shape index (κ3) is 3.66. The van der Waals surface area contributed by atoms with Crippen molar-refractivity contribution in [2.45, 2.75) is 25.3 Å². The molecule has 0 spiro atoms. The fourth-order valence-electron chi connectivity index (χ4n) is 3.80. The van der Waals surface area contributed by atoms with Crippen molar-refractivity contribution in [3.05, 3.63) is 90.8 Å². The molecular weight excluding hydrogens is 388 g/mol. The summed E-state index contributed by atoms with van der Waals surface area (Å²) >= 11 is 0. The molecule has 2 aliphatic rings. The number of para-hydroxylation sites is 1. The molecule has 2 aromatic heterocycles. The van der Waals surface area contributed by atoms with Crippen LogP contribution in [0.3, 0.4) is 0 Å². The number of benzene rings is 2. The molecule has 0 radical (unpaired) electrons. The van der Waals surface area contributed by atoms with Crippen LogP contribution in [-0.4, -0.2) is 19.7 Å². The van der Waals surface area contributed by atoms with Crippen LogP contribution in [0.5, 0.6) is 11.5 Å². The predicted octanol–water partition coefficient (Wildman–Crippen LogP) is 5.16. The molecule has 7 heteroatoms. The van der Waals surface area contributed by atoms with Gasteiger partial charge >= 0.3 is 0 Å². The van der Waals surface area contributed by atoms with E-state index in [-0.39, 0.29) is 0 Å². The van der Waals surface area contributed by atoms with Crippen LogP contribution in [0.2, 0.25) is 0 Å². The van der Waals surface area contributed by atoms with E-state index < -0.39 is 0 Å². The Morgan fingerprint density at radius 1 is 1.00 bits per heavy atom. The third-order valence-corrected chi connectivity index (χ3v) is 5.59. The number of nitrogens with zero attached hydrogens (tertiary/aromatic N) is 4. The van der Waals surface area contributed by atoms with Crippen molar-refractivity contribution in [3.63, 3.8) is 0 Å². The van der Waals surface area contributed by atoms with Gasteiger partial charge in [0, 0.05) is 42.0 Å². The van der Waals surface area contributed by atoms with Crippen LogP contribution in [0, 0.1) is 0 Å². The summed E-state index contributed by atoms with van der Waals surface area (Å²) < 4.78 is 7.98. The number of H-pyrrole nitrogens is 1. The number of rotatable bonds is 6. The summed E-state index contributed by atoms with van der Waals surface area (Å²) in [5.41, 5.74) is 2.27. The van der Waals surface area contributed by atoms with E-state index in [1.165, 1.54) is 18.5 Å². The summed E-state index contributed by atoms with van der Waals surface area (Å²) in [6.07, 6.45) is 8.37. The van der Waals surface area contributed by atoms with Crippen molar-refractivity contribution in [3.8, 4) is 11.5 Å². The van der Waals surface area contributed by atoms with E-state index >= 15 is 0 Å². The lowest BCUT2D eigenvalue weighted by molar-refractivity contribution is 0.482. The quantitative estimate of drug-likeness (QED) is 0.459. The van der Waals surface area contributed by atoms with Gasteiger partial charge in [-0.2, -0.15) is 5.10 Å². The highest BCUT2D eigenvalue weighted by Crippen LogP contribution is 2.39. The van der Waals surface area contributed by atoms with Gasteiger partial charge in [-0.15, -0.1) is 0 Å². The van der Waals surface area contributed by atoms with Gasteiger partial charge in [0.15, 0.2) is 5.82 Å². The fourth-order valence-corrected chi connectivity index (χ4v) is 3.80. The Hall–Kier alpha value is -4.00. The minimum Gasteiger partial charge on any atom is -0.457 e. The van der Waals surface area contributed by atoms with Crippen LogP contribution >= 0.6 is 0 Å². The van der Waals surface area contributed by atoms with Gasteiger partial charge in [0.1, 0.15) is 23.1 Å². The first kappa shape index (κ1) is 17.8.